The molecule has 1 N–H and O–H groups in total. The average molecular weight is 511 g/mol. The second kappa shape index (κ2) is 11.0. The van der Waals surface area contributed by atoms with E-state index < -0.39 is 17.7 Å². The molecular formula is C29H29F3N2O3. The molecule has 0 bridgehead atoms. The van der Waals surface area contributed by atoms with E-state index in [1.807, 2.05) is 54.2 Å². The molecule has 4 aromatic rings. The minimum atomic E-state index is -4.47. The summed E-state index contributed by atoms with van der Waals surface area (Å²) in [4.78, 5) is 13.1. The monoisotopic (exact) mass is 510 g/mol. The lowest BCUT2D eigenvalue weighted by Crippen LogP contribution is -2.27. The van der Waals surface area contributed by atoms with E-state index in [0.29, 0.717) is 30.0 Å². The van der Waals surface area contributed by atoms with Crippen LogP contribution in [0.4, 0.5) is 13.2 Å². The summed E-state index contributed by atoms with van der Waals surface area (Å²) in [6, 6.07) is 18.5. The van der Waals surface area contributed by atoms with Crippen LogP contribution in [0, 0.1) is 0 Å². The maximum absolute atomic E-state index is 13.5. The zero-order valence-corrected chi connectivity index (χ0v) is 20.9. The number of hydrogen-bond donors (Lipinski definition) is 1. The van der Waals surface area contributed by atoms with Crippen LogP contribution in [-0.2, 0) is 24.4 Å². The van der Waals surface area contributed by atoms with Gasteiger partial charge in [-0.15, -0.1) is 0 Å². The highest BCUT2D eigenvalue weighted by atomic mass is 19.4. The van der Waals surface area contributed by atoms with E-state index >= 15 is 0 Å². The molecule has 0 saturated heterocycles. The number of carbonyl (C=O) groups excluding carboxylic acids is 1. The SMILES string of the molecule is COc1ccc(CCNC(=O)CC(c2cccc(C(F)(F)F)c2)c2cn(C)c3ccccc23)cc1OC. The number of nitrogens with one attached hydrogen (secondary N) is 1. The number of aromatic nitrogens is 1. The van der Waals surface area contributed by atoms with Crippen LogP contribution in [0.15, 0.2) is 72.9 Å². The first-order chi connectivity index (χ1) is 17.7. The first kappa shape index (κ1) is 26.1. The number of aryl methyl sites for hydroxylation is 1. The first-order valence-corrected chi connectivity index (χ1v) is 11.9. The van der Waals surface area contributed by atoms with Crippen molar-refractivity contribution in [1.29, 1.82) is 0 Å². The fourth-order valence-electron chi connectivity index (χ4n) is 4.63. The van der Waals surface area contributed by atoms with Crippen LogP contribution in [0.3, 0.4) is 0 Å². The molecule has 1 aromatic heterocycles. The van der Waals surface area contributed by atoms with Gasteiger partial charge in [-0.3, -0.25) is 4.79 Å². The lowest BCUT2D eigenvalue weighted by molar-refractivity contribution is -0.137. The van der Waals surface area contributed by atoms with Gasteiger partial charge in [-0.05, 0) is 47.4 Å². The van der Waals surface area contributed by atoms with Gasteiger partial charge in [0.1, 0.15) is 0 Å². The van der Waals surface area contributed by atoms with Crippen molar-refractivity contribution in [2.24, 2.45) is 7.05 Å². The van der Waals surface area contributed by atoms with Gasteiger partial charge in [-0.2, -0.15) is 13.2 Å². The minimum Gasteiger partial charge on any atom is -0.493 e. The molecule has 0 spiro atoms. The summed E-state index contributed by atoms with van der Waals surface area (Å²) < 4.78 is 53.0. The Labute approximate surface area is 213 Å². The summed E-state index contributed by atoms with van der Waals surface area (Å²) in [5.41, 5.74) is 2.43. The fourth-order valence-corrected chi connectivity index (χ4v) is 4.63. The molecule has 0 saturated carbocycles. The Morgan fingerprint density at radius 1 is 0.973 bits per heavy atom. The number of benzene rings is 3. The van der Waals surface area contributed by atoms with Crippen LogP contribution in [-0.4, -0.2) is 31.2 Å². The normalized spacial score (nSPS) is 12.4. The largest absolute Gasteiger partial charge is 0.493 e. The quantitative estimate of drug-likeness (QED) is 0.296. The maximum atomic E-state index is 13.5. The molecule has 0 fully saturated rings. The molecule has 37 heavy (non-hydrogen) atoms. The third-order valence-electron chi connectivity index (χ3n) is 6.49. The lowest BCUT2D eigenvalue weighted by atomic mass is 9.87. The van der Waals surface area contributed by atoms with Gasteiger partial charge in [0.2, 0.25) is 5.91 Å². The highest BCUT2D eigenvalue weighted by Gasteiger charge is 2.32. The second-order valence-electron chi connectivity index (χ2n) is 8.88. The molecule has 4 rings (SSSR count). The van der Waals surface area contributed by atoms with Gasteiger partial charge < -0.3 is 19.4 Å². The van der Waals surface area contributed by atoms with Crippen LogP contribution in [0.25, 0.3) is 10.9 Å². The van der Waals surface area contributed by atoms with Crippen LogP contribution in [0.2, 0.25) is 0 Å². The number of alkyl halides is 3. The summed E-state index contributed by atoms with van der Waals surface area (Å²) in [5, 5.41) is 3.83. The summed E-state index contributed by atoms with van der Waals surface area (Å²) in [6.45, 7) is 0.374. The molecule has 1 atom stereocenters. The number of para-hydroxylation sites is 1. The number of amides is 1. The van der Waals surface area contributed by atoms with Crippen molar-refractivity contribution in [2.45, 2.75) is 24.9 Å². The van der Waals surface area contributed by atoms with Crippen molar-refractivity contribution in [2.75, 3.05) is 20.8 Å². The van der Waals surface area contributed by atoms with E-state index in [1.165, 1.54) is 6.07 Å². The Morgan fingerprint density at radius 3 is 2.46 bits per heavy atom. The molecule has 5 nitrogen and oxygen atoms in total. The van der Waals surface area contributed by atoms with Gasteiger partial charge in [0.15, 0.2) is 11.5 Å². The fraction of sp³-hybridized carbons (Fsp3) is 0.276. The summed E-state index contributed by atoms with van der Waals surface area (Å²) in [6.07, 6.45) is -2.00. The van der Waals surface area contributed by atoms with Crippen LogP contribution < -0.4 is 14.8 Å². The third-order valence-corrected chi connectivity index (χ3v) is 6.49. The summed E-state index contributed by atoms with van der Waals surface area (Å²) >= 11 is 0. The average Bonchev–Trinajstić information content (AvgIpc) is 3.23. The van der Waals surface area contributed by atoms with Gasteiger partial charge in [0, 0.05) is 43.0 Å². The lowest BCUT2D eigenvalue weighted by Gasteiger charge is -2.19. The molecule has 1 amide bonds. The number of rotatable bonds is 9. The number of methoxy groups -OCH3 is 2. The van der Waals surface area contributed by atoms with Crippen LogP contribution >= 0.6 is 0 Å². The van der Waals surface area contributed by atoms with Crippen molar-refractivity contribution in [1.82, 2.24) is 9.88 Å². The van der Waals surface area contributed by atoms with Crippen molar-refractivity contribution in [3.8, 4) is 11.5 Å². The predicted octanol–water partition coefficient (Wildman–Crippen LogP) is 6.10. The molecule has 1 heterocycles. The number of nitrogens with zero attached hydrogens (tertiary/aromatic N) is 1. The zero-order chi connectivity index (χ0) is 26.6. The number of halogens is 3. The molecule has 1 unspecified atom stereocenters. The Kier molecular flexibility index (Phi) is 7.76. The summed E-state index contributed by atoms with van der Waals surface area (Å²) in [5.74, 6) is 0.437. The van der Waals surface area contributed by atoms with Crippen molar-refractivity contribution in [3.63, 3.8) is 0 Å². The molecule has 0 aliphatic carbocycles. The molecular weight excluding hydrogens is 481 g/mol. The molecule has 194 valence electrons. The smallest absolute Gasteiger partial charge is 0.416 e. The van der Waals surface area contributed by atoms with Crippen molar-refractivity contribution >= 4 is 16.8 Å². The molecule has 0 aliphatic heterocycles. The van der Waals surface area contributed by atoms with Gasteiger partial charge in [-0.1, -0.05) is 42.5 Å². The topological polar surface area (TPSA) is 52.5 Å². The third kappa shape index (κ3) is 5.90. The predicted molar refractivity (Wildman–Crippen MR) is 137 cm³/mol. The van der Waals surface area contributed by atoms with E-state index in [2.05, 4.69) is 5.32 Å². The number of fused-ring (bicyclic) bond motifs is 1. The zero-order valence-electron chi connectivity index (χ0n) is 20.9. The van der Waals surface area contributed by atoms with Gasteiger partial charge in [-0.25, -0.2) is 0 Å². The Bertz CT molecular complexity index is 1390. The van der Waals surface area contributed by atoms with E-state index in [1.54, 1.807) is 26.4 Å². The Balaban J connectivity index is 1.57. The highest BCUT2D eigenvalue weighted by Crippen LogP contribution is 2.37. The Hall–Kier alpha value is -3.94. The number of hydrogen-bond acceptors (Lipinski definition) is 3. The number of carbonyl (C=O) groups is 1. The first-order valence-electron chi connectivity index (χ1n) is 11.9. The molecule has 3 aromatic carbocycles. The minimum absolute atomic E-state index is 0.0151. The number of ether oxygens (including phenoxy) is 2. The molecule has 8 heteroatoms. The summed E-state index contributed by atoms with van der Waals surface area (Å²) in [7, 11) is 5.01. The van der Waals surface area contributed by atoms with E-state index in [9.17, 15) is 18.0 Å². The van der Waals surface area contributed by atoms with Gasteiger partial charge >= 0.3 is 6.18 Å². The van der Waals surface area contributed by atoms with Gasteiger partial charge in [0.05, 0.1) is 19.8 Å². The molecule has 0 radical (unpaired) electrons. The van der Waals surface area contributed by atoms with E-state index in [4.69, 9.17) is 9.47 Å². The Morgan fingerprint density at radius 2 is 1.73 bits per heavy atom. The van der Waals surface area contributed by atoms with E-state index in [-0.39, 0.29) is 12.3 Å². The highest BCUT2D eigenvalue weighted by molar-refractivity contribution is 5.86. The van der Waals surface area contributed by atoms with Crippen molar-refractivity contribution < 1.29 is 27.4 Å². The molecule has 0 aliphatic rings. The van der Waals surface area contributed by atoms with Crippen LogP contribution in [0.1, 0.15) is 34.6 Å². The standard InChI is InChI=1S/C29H29F3N2O3/c1-34-18-24(22-9-4-5-10-25(22)34)23(20-7-6-8-21(16-20)29(30,31)32)17-28(35)33-14-13-19-11-12-26(36-2)27(15-19)37-3/h4-12,15-16,18,23H,13-14,17H2,1-3H3,(H,33,35). The second-order valence-corrected chi connectivity index (χ2v) is 8.88. The van der Waals surface area contributed by atoms with Crippen molar-refractivity contribution in [3.05, 3.63) is 95.2 Å². The van der Waals surface area contributed by atoms with Gasteiger partial charge in [0.25, 0.3) is 0 Å². The van der Waals surface area contributed by atoms with E-state index in [0.717, 1.165) is 34.2 Å². The van der Waals surface area contributed by atoms with Crippen LogP contribution in [0.5, 0.6) is 11.5 Å². The maximum Gasteiger partial charge on any atom is 0.416 e.